The molecule has 0 fully saturated rings. The maximum Gasteiger partial charge on any atom is 0.333 e. The van der Waals surface area contributed by atoms with Crippen LogP contribution < -0.4 is 10.2 Å². The third-order valence-electron chi connectivity index (χ3n) is 5.30. The summed E-state index contributed by atoms with van der Waals surface area (Å²) in [5.41, 5.74) is 3.32. The fourth-order valence-electron chi connectivity index (χ4n) is 3.40. The van der Waals surface area contributed by atoms with Gasteiger partial charge in [0, 0.05) is 32.2 Å². The van der Waals surface area contributed by atoms with E-state index in [9.17, 15) is 19.1 Å². The molecule has 1 heterocycles. The molecule has 178 valence electrons. The molecule has 7 nitrogen and oxygen atoms in total. The molecule has 0 aliphatic carbocycles. The van der Waals surface area contributed by atoms with Crippen LogP contribution in [0.1, 0.15) is 18.1 Å². The standard InChI is InChI=1S/C26H28FN3O4/c1-3-34-23(25(31)32)17-19-7-11-20(12-8-19)22-5-4-6-24(29-22)30(2)26(33)28-16-15-18-9-13-21(27)14-10-18/h4-14,23H,3,15-17H2,1-2H3,(H,28,33)(H,31,32). The van der Waals surface area contributed by atoms with Crippen molar-refractivity contribution in [2.24, 2.45) is 0 Å². The number of aliphatic carboxylic acids is 1. The zero-order chi connectivity index (χ0) is 24.5. The summed E-state index contributed by atoms with van der Waals surface area (Å²) in [5.74, 6) is -0.787. The number of carboxylic acid groups (broad SMARTS) is 1. The lowest BCUT2D eigenvalue weighted by Crippen LogP contribution is -2.38. The Balaban J connectivity index is 1.61. The Hall–Kier alpha value is -3.78. The van der Waals surface area contributed by atoms with Crippen LogP contribution in [0.15, 0.2) is 66.7 Å². The predicted octanol–water partition coefficient (Wildman–Crippen LogP) is 4.31. The monoisotopic (exact) mass is 465 g/mol. The number of nitrogens with zero attached hydrogens (tertiary/aromatic N) is 2. The number of anilines is 1. The molecule has 3 rings (SSSR count). The molecule has 3 aromatic rings. The number of hydrogen-bond acceptors (Lipinski definition) is 4. The van der Waals surface area contributed by atoms with E-state index >= 15 is 0 Å². The number of carboxylic acids is 1. The van der Waals surface area contributed by atoms with Crippen LogP contribution in [0, 0.1) is 5.82 Å². The van der Waals surface area contributed by atoms with Crippen molar-refractivity contribution in [3.8, 4) is 11.3 Å². The van der Waals surface area contributed by atoms with Crippen LogP contribution in [0.25, 0.3) is 11.3 Å². The van der Waals surface area contributed by atoms with Crippen molar-refractivity contribution in [1.82, 2.24) is 10.3 Å². The van der Waals surface area contributed by atoms with E-state index in [0.29, 0.717) is 31.1 Å². The molecule has 1 unspecified atom stereocenters. The summed E-state index contributed by atoms with van der Waals surface area (Å²) >= 11 is 0. The Bertz CT molecular complexity index is 1100. The number of carbonyl (C=O) groups is 2. The second-order valence-electron chi connectivity index (χ2n) is 7.73. The summed E-state index contributed by atoms with van der Waals surface area (Å²) in [5, 5.41) is 12.1. The number of benzene rings is 2. The van der Waals surface area contributed by atoms with Gasteiger partial charge in [-0.2, -0.15) is 0 Å². The molecule has 0 aliphatic heterocycles. The number of pyridine rings is 1. The van der Waals surface area contributed by atoms with E-state index in [1.54, 1.807) is 32.2 Å². The Morgan fingerprint density at radius 1 is 1.06 bits per heavy atom. The number of rotatable bonds is 10. The van der Waals surface area contributed by atoms with E-state index in [1.165, 1.54) is 17.0 Å². The van der Waals surface area contributed by atoms with Gasteiger partial charge in [-0.25, -0.2) is 19.0 Å². The second kappa shape index (κ2) is 11.9. The molecule has 2 aromatic carbocycles. The average Bonchev–Trinajstić information content (AvgIpc) is 2.85. The fourth-order valence-corrected chi connectivity index (χ4v) is 3.40. The first-order chi connectivity index (χ1) is 16.4. The van der Waals surface area contributed by atoms with Gasteiger partial charge in [-0.15, -0.1) is 0 Å². The quantitative estimate of drug-likeness (QED) is 0.466. The van der Waals surface area contributed by atoms with Crippen molar-refractivity contribution in [2.45, 2.75) is 25.9 Å². The molecule has 34 heavy (non-hydrogen) atoms. The number of urea groups is 1. The van der Waals surface area contributed by atoms with Gasteiger partial charge >= 0.3 is 12.0 Å². The lowest BCUT2D eigenvalue weighted by Gasteiger charge is -2.18. The zero-order valence-corrected chi connectivity index (χ0v) is 19.2. The van der Waals surface area contributed by atoms with Gasteiger partial charge in [0.1, 0.15) is 11.6 Å². The van der Waals surface area contributed by atoms with Gasteiger partial charge in [-0.05, 0) is 48.7 Å². The van der Waals surface area contributed by atoms with E-state index in [4.69, 9.17) is 4.74 Å². The number of halogens is 1. The lowest BCUT2D eigenvalue weighted by atomic mass is 10.0. The third-order valence-corrected chi connectivity index (χ3v) is 5.30. The number of ether oxygens (including phenoxy) is 1. The van der Waals surface area contributed by atoms with Gasteiger partial charge in [0.25, 0.3) is 0 Å². The van der Waals surface area contributed by atoms with Gasteiger partial charge in [-0.1, -0.05) is 42.5 Å². The maximum atomic E-state index is 13.0. The summed E-state index contributed by atoms with van der Waals surface area (Å²) in [6.45, 7) is 2.51. The van der Waals surface area contributed by atoms with Crippen LogP contribution in [0.3, 0.4) is 0 Å². The zero-order valence-electron chi connectivity index (χ0n) is 19.2. The minimum Gasteiger partial charge on any atom is -0.479 e. The van der Waals surface area contributed by atoms with Crippen LogP contribution in [-0.4, -0.2) is 48.4 Å². The highest BCUT2D eigenvalue weighted by molar-refractivity contribution is 5.90. The van der Waals surface area contributed by atoms with Crippen LogP contribution in [-0.2, 0) is 22.4 Å². The molecule has 0 saturated carbocycles. The number of carbonyl (C=O) groups excluding carboxylic acids is 1. The Morgan fingerprint density at radius 2 is 1.74 bits per heavy atom. The lowest BCUT2D eigenvalue weighted by molar-refractivity contribution is -0.149. The van der Waals surface area contributed by atoms with E-state index < -0.39 is 12.1 Å². The minimum absolute atomic E-state index is 0.276. The summed E-state index contributed by atoms with van der Waals surface area (Å²) in [6.07, 6.45) is -0.0174. The van der Waals surface area contributed by atoms with Crippen LogP contribution in [0.2, 0.25) is 0 Å². The first-order valence-corrected chi connectivity index (χ1v) is 11.0. The minimum atomic E-state index is -0.987. The number of amides is 2. The highest BCUT2D eigenvalue weighted by Crippen LogP contribution is 2.21. The van der Waals surface area contributed by atoms with Crippen LogP contribution >= 0.6 is 0 Å². The highest BCUT2D eigenvalue weighted by atomic mass is 19.1. The van der Waals surface area contributed by atoms with Crippen molar-refractivity contribution >= 4 is 17.8 Å². The SMILES string of the molecule is CCOC(Cc1ccc(-c2cccc(N(C)C(=O)NCCc3ccc(F)cc3)n2)cc1)C(=O)O. The van der Waals surface area contributed by atoms with Crippen LogP contribution in [0.5, 0.6) is 0 Å². The van der Waals surface area contributed by atoms with Crippen molar-refractivity contribution in [1.29, 1.82) is 0 Å². The number of nitrogens with one attached hydrogen (secondary N) is 1. The summed E-state index contributed by atoms with van der Waals surface area (Å²) in [7, 11) is 1.64. The van der Waals surface area contributed by atoms with E-state index in [-0.39, 0.29) is 18.3 Å². The van der Waals surface area contributed by atoms with Gasteiger partial charge in [0.15, 0.2) is 6.10 Å². The molecule has 0 bridgehead atoms. The van der Waals surface area contributed by atoms with E-state index in [1.807, 2.05) is 36.4 Å². The van der Waals surface area contributed by atoms with Gasteiger partial charge in [-0.3, -0.25) is 4.90 Å². The van der Waals surface area contributed by atoms with Crippen molar-refractivity contribution in [2.75, 3.05) is 25.1 Å². The van der Waals surface area contributed by atoms with E-state index in [0.717, 1.165) is 16.7 Å². The second-order valence-corrected chi connectivity index (χ2v) is 7.73. The molecule has 2 amide bonds. The molecule has 0 spiro atoms. The Morgan fingerprint density at radius 3 is 2.38 bits per heavy atom. The largest absolute Gasteiger partial charge is 0.479 e. The molecule has 0 aliphatic rings. The van der Waals surface area contributed by atoms with Gasteiger partial charge < -0.3 is 15.2 Å². The van der Waals surface area contributed by atoms with Gasteiger partial charge in [0.2, 0.25) is 0 Å². The Labute approximate surface area is 198 Å². The molecular weight excluding hydrogens is 437 g/mol. The molecule has 2 N–H and O–H groups in total. The van der Waals surface area contributed by atoms with Crippen LogP contribution in [0.4, 0.5) is 15.0 Å². The number of aromatic nitrogens is 1. The normalized spacial score (nSPS) is 11.6. The average molecular weight is 466 g/mol. The van der Waals surface area contributed by atoms with Crippen molar-refractivity contribution < 1.29 is 23.8 Å². The first-order valence-electron chi connectivity index (χ1n) is 11.0. The fraction of sp³-hybridized carbons (Fsp3) is 0.269. The summed E-state index contributed by atoms with van der Waals surface area (Å²) in [6, 6.07) is 18.8. The Kier molecular flexibility index (Phi) is 8.70. The molecule has 1 aromatic heterocycles. The third kappa shape index (κ3) is 6.86. The van der Waals surface area contributed by atoms with Crippen molar-refractivity contribution in [3.05, 3.63) is 83.7 Å². The maximum absolute atomic E-state index is 13.0. The molecule has 0 radical (unpaired) electrons. The predicted molar refractivity (Wildman–Crippen MR) is 128 cm³/mol. The molecular formula is C26H28FN3O4. The topological polar surface area (TPSA) is 91.8 Å². The summed E-state index contributed by atoms with van der Waals surface area (Å²) in [4.78, 5) is 29.9. The first kappa shape index (κ1) is 24.9. The molecule has 1 atom stereocenters. The number of hydrogen-bond donors (Lipinski definition) is 2. The molecule has 0 saturated heterocycles. The highest BCUT2D eigenvalue weighted by Gasteiger charge is 2.18. The van der Waals surface area contributed by atoms with Gasteiger partial charge in [0.05, 0.1) is 5.69 Å². The van der Waals surface area contributed by atoms with Crippen molar-refractivity contribution in [3.63, 3.8) is 0 Å². The summed E-state index contributed by atoms with van der Waals surface area (Å²) < 4.78 is 18.3. The smallest absolute Gasteiger partial charge is 0.333 e. The van der Waals surface area contributed by atoms with E-state index in [2.05, 4.69) is 10.3 Å². The molecule has 8 heteroatoms.